The van der Waals surface area contributed by atoms with E-state index in [4.69, 9.17) is 0 Å². The Bertz CT molecular complexity index is 384. The maximum absolute atomic E-state index is 10.2. The summed E-state index contributed by atoms with van der Waals surface area (Å²) < 4.78 is 0. The maximum Gasteiger partial charge on any atom is 0.363 e. The molecule has 1 aromatic rings. The van der Waals surface area contributed by atoms with Crippen molar-refractivity contribution in [3.8, 4) is 0 Å². The molecule has 7 nitrogen and oxygen atoms in total. The van der Waals surface area contributed by atoms with Gasteiger partial charge in [0.05, 0.1) is 4.92 Å². The molecule has 0 aromatic carbocycles. The molecule has 0 amide bonds. The smallest absolute Gasteiger partial charge is 0.358 e. The van der Waals surface area contributed by atoms with Gasteiger partial charge in [0, 0.05) is 17.7 Å². The van der Waals surface area contributed by atoms with Crippen LogP contribution < -0.4 is 0 Å². The minimum absolute atomic E-state index is 0.289. The highest BCUT2D eigenvalue weighted by atomic mass is 16.6. The van der Waals surface area contributed by atoms with Crippen LogP contribution in [0.4, 0.5) is 5.82 Å². The van der Waals surface area contributed by atoms with Crippen molar-refractivity contribution in [1.82, 2.24) is 4.98 Å². The van der Waals surface area contributed by atoms with Crippen molar-refractivity contribution in [2.75, 3.05) is 0 Å². The molecule has 72 valence electrons. The molecule has 14 heavy (non-hydrogen) atoms. The fourth-order valence-corrected chi connectivity index (χ4v) is 0.751. The van der Waals surface area contributed by atoms with Gasteiger partial charge in [-0.1, -0.05) is 0 Å². The first kappa shape index (κ1) is 9.78. The summed E-state index contributed by atoms with van der Waals surface area (Å²) in [6.45, 7) is 0. The summed E-state index contributed by atoms with van der Waals surface area (Å²) in [5.41, 5.74) is 0.437. The number of nitro groups is 2. The van der Waals surface area contributed by atoms with Crippen molar-refractivity contribution in [2.24, 2.45) is 0 Å². The second kappa shape index (κ2) is 4.08. The predicted octanol–water partition coefficient (Wildman–Crippen LogP) is 1.24. The van der Waals surface area contributed by atoms with Crippen LogP contribution in [0.3, 0.4) is 0 Å². The molecule has 0 saturated carbocycles. The molecular weight excluding hydrogens is 190 g/mol. The van der Waals surface area contributed by atoms with Gasteiger partial charge in [-0.05, 0) is 16.0 Å². The van der Waals surface area contributed by atoms with E-state index in [1.165, 1.54) is 24.4 Å². The summed E-state index contributed by atoms with van der Waals surface area (Å²) in [6, 6.07) is 2.56. The molecule has 0 N–H and O–H groups in total. The van der Waals surface area contributed by atoms with E-state index in [2.05, 4.69) is 4.98 Å². The van der Waals surface area contributed by atoms with Crippen molar-refractivity contribution < 1.29 is 9.85 Å². The monoisotopic (exact) mass is 195 g/mol. The first-order chi connectivity index (χ1) is 6.59. The Morgan fingerprint density at radius 2 is 2.00 bits per heavy atom. The molecule has 0 aliphatic carbocycles. The SMILES string of the molecule is O=[N+]([O-])/C=C/c1ccc([N+](=O)[O-])nc1. The Kier molecular flexibility index (Phi) is 2.85. The molecule has 7 heteroatoms. The van der Waals surface area contributed by atoms with Crippen LogP contribution in [0.2, 0.25) is 0 Å². The Hall–Kier alpha value is -2.31. The van der Waals surface area contributed by atoms with Gasteiger partial charge in [0.15, 0.2) is 0 Å². The lowest BCUT2D eigenvalue weighted by Crippen LogP contribution is -1.91. The van der Waals surface area contributed by atoms with E-state index in [1.54, 1.807) is 0 Å². The van der Waals surface area contributed by atoms with Crippen LogP contribution in [0.15, 0.2) is 24.5 Å². The molecular formula is C7H5N3O4. The largest absolute Gasteiger partial charge is 0.363 e. The van der Waals surface area contributed by atoms with Gasteiger partial charge in [0.25, 0.3) is 0 Å². The first-order valence-corrected chi connectivity index (χ1v) is 3.52. The average molecular weight is 195 g/mol. The summed E-state index contributed by atoms with van der Waals surface area (Å²) in [5, 5.41) is 20.1. The highest BCUT2D eigenvalue weighted by Gasteiger charge is 2.04. The normalized spacial score (nSPS) is 10.3. The maximum atomic E-state index is 10.2. The summed E-state index contributed by atoms with van der Waals surface area (Å²) in [5.74, 6) is -0.289. The second-order valence-corrected chi connectivity index (χ2v) is 2.31. The number of hydrogen-bond acceptors (Lipinski definition) is 5. The summed E-state index contributed by atoms with van der Waals surface area (Å²) in [7, 11) is 0. The predicted molar refractivity (Wildman–Crippen MR) is 46.9 cm³/mol. The second-order valence-electron chi connectivity index (χ2n) is 2.31. The Labute approximate surface area is 78.0 Å². The van der Waals surface area contributed by atoms with Crippen LogP contribution >= 0.6 is 0 Å². The molecule has 0 spiro atoms. The molecule has 0 atom stereocenters. The van der Waals surface area contributed by atoms with Crippen molar-refractivity contribution in [3.05, 3.63) is 50.3 Å². The Morgan fingerprint density at radius 3 is 2.43 bits per heavy atom. The van der Waals surface area contributed by atoms with Gasteiger partial charge in [-0.3, -0.25) is 10.1 Å². The van der Waals surface area contributed by atoms with Gasteiger partial charge in [-0.25, -0.2) is 0 Å². The molecule has 0 aliphatic heterocycles. The summed E-state index contributed by atoms with van der Waals surface area (Å²) in [6.07, 6.45) is 3.14. The summed E-state index contributed by atoms with van der Waals surface area (Å²) in [4.78, 5) is 22.4. The third kappa shape index (κ3) is 2.63. The van der Waals surface area contributed by atoms with Crippen LogP contribution in [0, 0.1) is 20.2 Å². The van der Waals surface area contributed by atoms with Crippen molar-refractivity contribution >= 4 is 11.9 Å². The van der Waals surface area contributed by atoms with Gasteiger partial charge in [0.2, 0.25) is 6.20 Å². The number of rotatable bonds is 3. The van der Waals surface area contributed by atoms with Gasteiger partial charge < -0.3 is 10.1 Å². The first-order valence-electron chi connectivity index (χ1n) is 3.52. The van der Waals surface area contributed by atoms with E-state index < -0.39 is 9.85 Å². The zero-order valence-corrected chi connectivity index (χ0v) is 6.86. The van der Waals surface area contributed by atoms with Gasteiger partial charge >= 0.3 is 5.82 Å². The van der Waals surface area contributed by atoms with Crippen LogP contribution in [0.1, 0.15) is 5.56 Å². The standard InChI is InChI=1S/C7H5N3O4/c11-9(12)4-3-6-1-2-7(8-5-6)10(13)14/h1-5H/b4-3+. The van der Waals surface area contributed by atoms with Crippen LogP contribution in [0.5, 0.6) is 0 Å². The average Bonchev–Trinajstić information content (AvgIpc) is 2.15. The van der Waals surface area contributed by atoms with E-state index in [9.17, 15) is 20.2 Å². The van der Waals surface area contributed by atoms with Crippen molar-refractivity contribution in [3.63, 3.8) is 0 Å². The third-order valence-electron chi connectivity index (χ3n) is 1.35. The van der Waals surface area contributed by atoms with Crippen molar-refractivity contribution in [2.45, 2.75) is 0 Å². The summed E-state index contributed by atoms with van der Waals surface area (Å²) >= 11 is 0. The highest BCUT2D eigenvalue weighted by Crippen LogP contribution is 2.08. The van der Waals surface area contributed by atoms with E-state index >= 15 is 0 Å². The van der Waals surface area contributed by atoms with Gasteiger partial charge in [-0.15, -0.1) is 0 Å². The lowest BCUT2D eigenvalue weighted by atomic mass is 10.3. The minimum atomic E-state index is -0.638. The molecule has 1 aromatic heterocycles. The van der Waals surface area contributed by atoms with Gasteiger partial charge in [0.1, 0.15) is 6.20 Å². The number of hydrogen-bond donors (Lipinski definition) is 0. The fourth-order valence-electron chi connectivity index (χ4n) is 0.751. The topological polar surface area (TPSA) is 99.2 Å². The molecule has 1 heterocycles. The molecule has 0 fully saturated rings. The Balaban J connectivity index is 2.83. The Morgan fingerprint density at radius 1 is 1.29 bits per heavy atom. The molecule has 0 saturated heterocycles. The van der Waals surface area contributed by atoms with Crippen LogP contribution in [0.25, 0.3) is 6.08 Å². The lowest BCUT2D eigenvalue weighted by Gasteiger charge is -1.90. The fraction of sp³-hybridized carbons (Fsp3) is 0. The number of nitrogens with zero attached hydrogens (tertiary/aromatic N) is 3. The zero-order valence-electron chi connectivity index (χ0n) is 6.86. The van der Waals surface area contributed by atoms with E-state index in [0.29, 0.717) is 5.56 Å². The van der Waals surface area contributed by atoms with Crippen molar-refractivity contribution in [1.29, 1.82) is 0 Å². The quantitative estimate of drug-likeness (QED) is 0.533. The van der Waals surface area contributed by atoms with Gasteiger partial charge in [-0.2, -0.15) is 0 Å². The van der Waals surface area contributed by atoms with E-state index in [0.717, 1.165) is 6.20 Å². The van der Waals surface area contributed by atoms with Crippen LogP contribution in [-0.4, -0.2) is 14.8 Å². The van der Waals surface area contributed by atoms with E-state index in [-0.39, 0.29) is 5.82 Å². The molecule has 1 rings (SSSR count). The number of pyridine rings is 1. The van der Waals surface area contributed by atoms with E-state index in [1.807, 2.05) is 0 Å². The molecule has 0 unspecified atom stereocenters. The van der Waals surface area contributed by atoms with Crippen LogP contribution in [-0.2, 0) is 0 Å². The molecule has 0 aliphatic rings. The third-order valence-corrected chi connectivity index (χ3v) is 1.35. The zero-order chi connectivity index (χ0) is 10.6. The highest BCUT2D eigenvalue weighted by molar-refractivity contribution is 5.47. The lowest BCUT2D eigenvalue weighted by molar-refractivity contribution is -0.401. The minimum Gasteiger partial charge on any atom is -0.358 e. The molecule has 0 bridgehead atoms. The molecule has 0 radical (unpaired) electrons. The number of aromatic nitrogens is 1.